The van der Waals surface area contributed by atoms with Gasteiger partial charge >= 0.3 is 0 Å². The lowest BCUT2D eigenvalue weighted by Crippen LogP contribution is -2.24. The molecular formula is C17H19N3O4S. The molecule has 0 atom stereocenters. The maximum absolute atomic E-state index is 12.2. The highest BCUT2D eigenvalue weighted by molar-refractivity contribution is 7.90. The fourth-order valence-electron chi connectivity index (χ4n) is 2.26. The molecule has 0 heterocycles. The number of nitrogens with two attached hydrogens (primary N) is 2. The molecular weight excluding hydrogens is 342 g/mol. The van der Waals surface area contributed by atoms with Crippen LogP contribution in [0.25, 0.3) is 0 Å². The van der Waals surface area contributed by atoms with Crippen LogP contribution in [0.2, 0.25) is 0 Å². The van der Waals surface area contributed by atoms with Crippen molar-refractivity contribution in [3.05, 3.63) is 53.6 Å². The lowest BCUT2D eigenvalue weighted by molar-refractivity contribution is 0.100. The molecule has 0 spiro atoms. The Kier molecular flexibility index (Phi) is 5.43. The number of aliphatic imine (C=N–C) groups is 1. The van der Waals surface area contributed by atoms with Gasteiger partial charge in [-0.15, -0.1) is 0 Å². The molecule has 0 saturated carbocycles. The molecule has 0 saturated heterocycles. The fourth-order valence-corrected chi connectivity index (χ4v) is 3.05. The number of hydrogen-bond donors (Lipinski definition) is 2. The largest absolute Gasteiger partial charge is 0.456 e. The van der Waals surface area contributed by atoms with E-state index >= 15 is 0 Å². The van der Waals surface area contributed by atoms with Crippen LogP contribution in [0.4, 0.5) is 0 Å². The molecule has 0 aliphatic rings. The van der Waals surface area contributed by atoms with Crippen molar-refractivity contribution in [2.45, 2.75) is 18.2 Å². The molecule has 0 aliphatic carbocycles. The lowest BCUT2D eigenvalue weighted by Gasteiger charge is -2.14. The van der Waals surface area contributed by atoms with E-state index in [2.05, 4.69) is 4.99 Å². The third-order valence-corrected chi connectivity index (χ3v) is 4.50. The van der Waals surface area contributed by atoms with Crippen LogP contribution in [-0.4, -0.2) is 26.5 Å². The summed E-state index contributed by atoms with van der Waals surface area (Å²) in [6.07, 6.45) is 1.51. The van der Waals surface area contributed by atoms with E-state index in [1.165, 1.54) is 12.1 Å². The molecule has 0 aliphatic heterocycles. The zero-order valence-corrected chi connectivity index (χ0v) is 14.7. The maximum atomic E-state index is 12.2. The van der Waals surface area contributed by atoms with Crippen LogP contribution in [0, 0.1) is 0 Å². The minimum atomic E-state index is -3.65. The molecule has 132 valence electrons. The van der Waals surface area contributed by atoms with Gasteiger partial charge in [-0.3, -0.25) is 4.79 Å². The van der Waals surface area contributed by atoms with E-state index in [1.807, 2.05) is 13.0 Å². The number of aryl methyl sites for hydroxylation is 1. The van der Waals surface area contributed by atoms with Gasteiger partial charge in [-0.1, -0.05) is 25.1 Å². The minimum Gasteiger partial charge on any atom is -0.456 e. The van der Waals surface area contributed by atoms with Crippen molar-refractivity contribution in [1.29, 1.82) is 0 Å². The maximum Gasteiger partial charge on any atom is 0.280 e. The summed E-state index contributed by atoms with van der Waals surface area (Å²) in [7, 11) is -3.65. The summed E-state index contributed by atoms with van der Waals surface area (Å²) in [5, 5.41) is 0. The highest BCUT2D eigenvalue weighted by Crippen LogP contribution is 2.32. The second-order valence-corrected chi connectivity index (χ2v) is 7.32. The summed E-state index contributed by atoms with van der Waals surface area (Å²) in [6, 6.07) is 11.5. The number of guanidine groups is 1. The van der Waals surface area contributed by atoms with Gasteiger partial charge in [0.1, 0.15) is 16.4 Å². The van der Waals surface area contributed by atoms with Gasteiger partial charge < -0.3 is 16.2 Å². The first kappa shape index (κ1) is 18.5. The molecule has 0 unspecified atom stereocenters. The third kappa shape index (κ3) is 4.57. The minimum absolute atomic E-state index is 0.109. The number of carbonyl (C=O) groups is 1. The summed E-state index contributed by atoms with van der Waals surface area (Å²) in [4.78, 5) is 15.6. The predicted molar refractivity (Wildman–Crippen MR) is 95.6 cm³/mol. The van der Waals surface area contributed by atoms with Crippen LogP contribution in [0.1, 0.15) is 22.8 Å². The SMILES string of the molecule is CCc1cc(Oc2ccccc2)c(S(C)(=O)=O)cc1C(=O)N=C(N)N. The van der Waals surface area contributed by atoms with Gasteiger partial charge in [0.25, 0.3) is 5.91 Å². The quantitative estimate of drug-likeness (QED) is 0.618. The Bertz CT molecular complexity index is 918. The topological polar surface area (TPSA) is 125 Å². The summed E-state index contributed by atoms with van der Waals surface area (Å²) in [6.45, 7) is 1.83. The van der Waals surface area contributed by atoms with Gasteiger partial charge in [-0.2, -0.15) is 4.99 Å². The van der Waals surface area contributed by atoms with E-state index in [0.717, 1.165) is 6.26 Å². The monoisotopic (exact) mass is 361 g/mol. The Morgan fingerprint density at radius 1 is 1.16 bits per heavy atom. The number of carbonyl (C=O) groups excluding carboxylic acids is 1. The van der Waals surface area contributed by atoms with Gasteiger partial charge in [0.2, 0.25) is 0 Å². The highest BCUT2D eigenvalue weighted by atomic mass is 32.2. The van der Waals surface area contributed by atoms with E-state index in [0.29, 0.717) is 17.7 Å². The van der Waals surface area contributed by atoms with Crippen LogP contribution >= 0.6 is 0 Å². The number of hydrogen-bond acceptors (Lipinski definition) is 4. The molecule has 0 radical (unpaired) electrons. The number of benzene rings is 2. The first-order valence-corrected chi connectivity index (χ1v) is 9.35. The number of sulfone groups is 1. The van der Waals surface area contributed by atoms with Gasteiger partial charge in [0, 0.05) is 11.8 Å². The lowest BCUT2D eigenvalue weighted by atomic mass is 10.0. The Hall–Kier alpha value is -2.87. The van der Waals surface area contributed by atoms with E-state index in [-0.39, 0.29) is 16.2 Å². The fraction of sp³-hybridized carbons (Fsp3) is 0.176. The van der Waals surface area contributed by atoms with Crippen molar-refractivity contribution in [2.24, 2.45) is 16.5 Å². The second-order valence-electron chi connectivity index (χ2n) is 5.34. The van der Waals surface area contributed by atoms with Crippen LogP contribution in [0.5, 0.6) is 11.5 Å². The van der Waals surface area contributed by atoms with Crippen molar-refractivity contribution in [2.75, 3.05) is 6.26 Å². The van der Waals surface area contributed by atoms with E-state index < -0.39 is 21.7 Å². The summed E-state index contributed by atoms with van der Waals surface area (Å²) < 4.78 is 30.0. The van der Waals surface area contributed by atoms with Crippen LogP contribution < -0.4 is 16.2 Å². The van der Waals surface area contributed by atoms with Crippen LogP contribution in [0.3, 0.4) is 0 Å². The molecule has 8 heteroatoms. The molecule has 0 fully saturated rings. The van der Waals surface area contributed by atoms with Gasteiger partial charge in [0.15, 0.2) is 15.8 Å². The van der Waals surface area contributed by atoms with Crippen molar-refractivity contribution in [3.63, 3.8) is 0 Å². The molecule has 2 aromatic carbocycles. The number of nitrogens with zero attached hydrogens (tertiary/aromatic N) is 1. The number of rotatable bonds is 5. The summed E-state index contributed by atoms with van der Waals surface area (Å²) >= 11 is 0. The molecule has 1 amide bonds. The molecule has 0 bridgehead atoms. The number of amides is 1. The van der Waals surface area contributed by atoms with Gasteiger partial charge in [-0.25, -0.2) is 8.42 Å². The molecule has 0 aromatic heterocycles. The third-order valence-electron chi connectivity index (χ3n) is 3.38. The van der Waals surface area contributed by atoms with Crippen molar-refractivity contribution < 1.29 is 17.9 Å². The van der Waals surface area contributed by atoms with Crippen molar-refractivity contribution in [3.8, 4) is 11.5 Å². The molecule has 4 N–H and O–H groups in total. The average Bonchev–Trinajstić information content (AvgIpc) is 2.53. The first-order valence-electron chi connectivity index (χ1n) is 7.46. The van der Waals surface area contributed by atoms with E-state index in [4.69, 9.17) is 16.2 Å². The highest BCUT2D eigenvalue weighted by Gasteiger charge is 2.21. The molecule has 7 nitrogen and oxygen atoms in total. The molecule has 25 heavy (non-hydrogen) atoms. The average molecular weight is 361 g/mol. The van der Waals surface area contributed by atoms with Crippen LogP contribution in [-0.2, 0) is 16.3 Å². The number of para-hydroxylation sites is 1. The summed E-state index contributed by atoms with van der Waals surface area (Å²) in [5.74, 6) is -0.463. The Morgan fingerprint density at radius 2 is 1.80 bits per heavy atom. The Labute approximate surface area is 146 Å². The first-order chi connectivity index (χ1) is 11.7. The number of ether oxygens (including phenoxy) is 1. The van der Waals surface area contributed by atoms with Crippen molar-refractivity contribution >= 4 is 21.7 Å². The van der Waals surface area contributed by atoms with Gasteiger partial charge in [0.05, 0.1) is 0 Å². The molecule has 2 aromatic rings. The van der Waals surface area contributed by atoms with E-state index in [9.17, 15) is 13.2 Å². The Balaban J connectivity index is 2.64. The standard InChI is InChI=1S/C17H19N3O4S/c1-3-11-9-14(24-12-7-5-4-6-8-12)15(25(2,22)23)10-13(11)16(21)20-17(18)19/h4-10H,3H2,1-2H3,(H4,18,19,20,21). The summed E-state index contributed by atoms with van der Waals surface area (Å²) in [5.41, 5.74) is 11.2. The molecule has 2 rings (SSSR count). The smallest absolute Gasteiger partial charge is 0.280 e. The predicted octanol–water partition coefficient (Wildman–Crippen LogP) is 1.86. The van der Waals surface area contributed by atoms with Crippen molar-refractivity contribution in [1.82, 2.24) is 0 Å². The zero-order chi connectivity index (χ0) is 18.6. The Morgan fingerprint density at radius 3 is 2.32 bits per heavy atom. The normalized spacial score (nSPS) is 11.0. The van der Waals surface area contributed by atoms with Crippen LogP contribution in [0.15, 0.2) is 52.4 Å². The second kappa shape index (κ2) is 7.35. The van der Waals surface area contributed by atoms with Gasteiger partial charge in [-0.05, 0) is 36.2 Å². The van der Waals surface area contributed by atoms with E-state index in [1.54, 1.807) is 24.3 Å². The zero-order valence-electron chi connectivity index (χ0n) is 13.9.